The Balaban J connectivity index is 1.37. The van der Waals surface area contributed by atoms with Crippen molar-refractivity contribution >= 4 is 17.6 Å². The van der Waals surface area contributed by atoms with Crippen molar-refractivity contribution in [1.82, 2.24) is 10.2 Å². The van der Waals surface area contributed by atoms with Crippen LogP contribution in [0.4, 0.5) is 10.5 Å². The van der Waals surface area contributed by atoms with Crippen molar-refractivity contribution in [2.24, 2.45) is 0 Å². The third-order valence-corrected chi connectivity index (χ3v) is 6.36. The fourth-order valence-corrected chi connectivity index (χ4v) is 4.62. The summed E-state index contributed by atoms with van der Waals surface area (Å²) in [7, 11) is 0. The first kappa shape index (κ1) is 24.2. The zero-order chi connectivity index (χ0) is 23.9. The molecule has 2 aliphatic heterocycles. The summed E-state index contributed by atoms with van der Waals surface area (Å²) in [6, 6.07) is 18.4. The topological polar surface area (TPSA) is 100 Å². The number of β-amino-alcohol motifs (C(OH)–C–C–N with tert-alkyl or cyclic N) is 1. The van der Waals surface area contributed by atoms with Gasteiger partial charge < -0.3 is 30.1 Å². The average Bonchev–Trinajstić information content (AvgIpc) is 2.83. The third kappa shape index (κ3) is 6.34. The predicted molar refractivity (Wildman–Crippen MR) is 128 cm³/mol. The molecule has 3 amide bonds. The van der Waals surface area contributed by atoms with E-state index in [0.717, 1.165) is 5.56 Å². The van der Waals surface area contributed by atoms with Crippen molar-refractivity contribution < 1.29 is 24.2 Å². The van der Waals surface area contributed by atoms with Crippen LogP contribution in [0.15, 0.2) is 60.7 Å². The minimum absolute atomic E-state index is 0.0688. The number of nitrogens with one attached hydrogen (secondary N) is 2. The van der Waals surface area contributed by atoms with Gasteiger partial charge in [-0.15, -0.1) is 0 Å². The normalized spacial score (nSPS) is 25.9. The number of ether oxygens (including phenoxy) is 2. The highest BCUT2D eigenvalue weighted by atomic mass is 16.5. The summed E-state index contributed by atoms with van der Waals surface area (Å²) in [4.78, 5) is 27.4. The number of aliphatic hydroxyl groups excluding tert-OH is 1. The molecule has 2 aliphatic rings. The van der Waals surface area contributed by atoms with Crippen LogP contribution in [0, 0.1) is 0 Å². The van der Waals surface area contributed by atoms with E-state index in [4.69, 9.17) is 9.47 Å². The van der Waals surface area contributed by atoms with Crippen molar-refractivity contribution in [3.63, 3.8) is 0 Å². The Hall–Kier alpha value is -2.94. The van der Waals surface area contributed by atoms with Gasteiger partial charge in [-0.05, 0) is 37.5 Å². The summed E-state index contributed by atoms with van der Waals surface area (Å²) in [6.07, 6.45) is 0.155. The number of urea groups is 1. The Morgan fingerprint density at radius 2 is 1.76 bits per heavy atom. The highest BCUT2D eigenvalue weighted by Crippen LogP contribution is 2.28. The smallest absolute Gasteiger partial charge is 0.322 e. The lowest BCUT2D eigenvalue weighted by molar-refractivity contribution is -0.150. The number of hydrogen-bond donors (Lipinski definition) is 3. The highest BCUT2D eigenvalue weighted by molar-refractivity contribution is 5.89. The second-order valence-corrected chi connectivity index (χ2v) is 8.99. The van der Waals surface area contributed by atoms with Crippen LogP contribution in [0.5, 0.6) is 0 Å². The SMILES string of the molecule is C[C@@H](NC(=O)C[C@H]1CC[C@@H]2[C@H](COC[C@H](O)CN2C(=O)Nc2ccccc2)O1)c1ccccc1. The van der Waals surface area contributed by atoms with Crippen LogP contribution >= 0.6 is 0 Å². The molecule has 2 fully saturated rings. The van der Waals surface area contributed by atoms with E-state index in [0.29, 0.717) is 18.5 Å². The zero-order valence-electron chi connectivity index (χ0n) is 19.4. The Kier molecular flexibility index (Phi) is 8.16. The number of anilines is 1. The van der Waals surface area contributed by atoms with E-state index in [-0.39, 0.29) is 62.4 Å². The third-order valence-electron chi connectivity index (χ3n) is 6.36. The van der Waals surface area contributed by atoms with Crippen LogP contribution < -0.4 is 10.6 Å². The van der Waals surface area contributed by atoms with E-state index in [1.54, 1.807) is 4.90 Å². The number of carbonyl (C=O) groups excluding carboxylic acids is 2. The quantitative estimate of drug-likeness (QED) is 0.628. The van der Waals surface area contributed by atoms with Crippen molar-refractivity contribution in [1.29, 1.82) is 0 Å². The van der Waals surface area contributed by atoms with Gasteiger partial charge >= 0.3 is 6.03 Å². The molecule has 8 heteroatoms. The molecule has 5 atom stereocenters. The number of hydrogen-bond acceptors (Lipinski definition) is 5. The van der Waals surface area contributed by atoms with Crippen LogP contribution in [-0.2, 0) is 14.3 Å². The van der Waals surface area contributed by atoms with Gasteiger partial charge in [-0.1, -0.05) is 48.5 Å². The maximum atomic E-state index is 13.1. The molecule has 0 saturated carbocycles. The lowest BCUT2D eigenvalue weighted by Gasteiger charge is -2.44. The van der Waals surface area contributed by atoms with Crippen molar-refractivity contribution in [2.45, 2.75) is 56.6 Å². The molecule has 3 N–H and O–H groups in total. The lowest BCUT2D eigenvalue weighted by Crippen LogP contribution is -2.58. The van der Waals surface area contributed by atoms with Gasteiger partial charge in [0.1, 0.15) is 6.10 Å². The van der Waals surface area contributed by atoms with Gasteiger partial charge in [0.2, 0.25) is 5.91 Å². The first-order valence-electron chi connectivity index (χ1n) is 11.9. The molecule has 2 aromatic rings. The van der Waals surface area contributed by atoms with Crippen LogP contribution in [0.3, 0.4) is 0 Å². The molecule has 0 bridgehead atoms. The summed E-state index contributed by atoms with van der Waals surface area (Å²) >= 11 is 0. The predicted octanol–water partition coefficient (Wildman–Crippen LogP) is 3.10. The molecule has 2 heterocycles. The number of rotatable bonds is 5. The first-order valence-corrected chi connectivity index (χ1v) is 11.9. The van der Waals surface area contributed by atoms with Gasteiger partial charge in [0.05, 0.1) is 50.5 Å². The fourth-order valence-electron chi connectivity index (χ4n) is 4.62. The van der Waals surface area contributed by atoms with E-state index in [1.165, 1.54) is 0 Å². The maximum Gasteiger partial charge on any atom is 0.322 e. The molecule has 2 saturated heterocycles. The summed E-state index contributed by atoms with van der Waals surface area (Å²) in [5.74, 6) is -0.0688. The number of benzene rings is 2. The molecule has 2 aromatic carbocycles. The minimum atomic E-state index is -0.773. The van der Waals surface area contributed by atoms with Crippen molar-refractivity contribution in [3.8, 4) is 0 Å². The van der Waals surface area contributed by atoms with Gasteiger partial charge in [-0.2, -0.15) is 0 Å². The van der Waals surface area contributed by atoms with Crippen LogP contribution in [0.25, 0.3) is 0 Å². The number of aliphatic hydroxyl groups is 1. The number of amides is 3. The molecule has 0 aliphatic carbocycles. The molecule has 0 aromatic heterocycles. The van der Waals surface area contributed by atoms with Gasteiger partial charge in [0.15, 0.2) is 0 Å². The molecule has 0 radical (unpaired) electrons. The number of para-hydroxylation sites is 1. The number of carbonyl (C=O) groups is 2. The molecule has 4 rings (SSSR count). The summed E-state index contributed by atoms with van der Waals surface area (Å²) in [5.41, 5.74) is 1.74. The molecular formula is C26H33N3O5. The van der Waals surface area contributed by atoms with E-state index in [2.05, 4.69) is 10.6 Å². The second-order valence-electron chi connectivity index (χ2n) is 8.99. The number of nitrogens with zero attached hydrogens (tertiary/aromatic N) is 1. The Morgan fingerprint density at radius 1 is 1.06 bits per heavy atom. The standard InChI is InChI=1S/C26H33N3O5/c1-18(19-8-4-2-5-9-19)27-25(31)14-22-12-13-23-24(34-22)17-33-16-21(30)15-29(23)26(32)28-20-10-6-3-7-11-20/h2-11,18,21-24,30H,12-17H2,1H3,(H,27,31)(H,28,32)/t18-,21-,22-,23-,24+/m1/s1. The largest absolute Gasteiger partial charge is 0.389 e. The summed E-state index contributed by atoms with van der Waals surface area (Å²) < 4.78 is 11.9. The molecule has 34 heavy (non-hydrogen) atoms. The highest BCUT2D eigenvalue weighted by Gasteiger charge is 2.40. The monoisotopic (exact) mass is 467 g/mol. The van der Waals surface area contributed by atoms with Gasteiger partial charge in [0.25, 0.3) is 0 Å². The lowest BCUT2D eigenvalue weighted by atomic mass is 9.94. The zero-order valence-corrected chi connectivity index (χ0v) is 19.4. The van der Waals surface area contributed by atoms with Gasteiger partial charge in [-0.3, -0.25) is 4.79 Å². The number of fused-ring (bicyclic) bond motifs is 1. The van der Waals surface area contributed by atoms with Crippen LogP contribution in [0.2, 0.25) is 0 Å². The van der Waals surface area contributed by atoms with E-state index < -0.39 is 6.10 Å². The Bertz CT molecular complexity index is 942. The summed E-state index contributed by atoms with van der Waals surface area (Å²) in [6.45, 7) is 2.50. The molecule has 0 unspecified atom stereocenters. The Labute approximate surface area is 200 Å². The maximum absolute atomic E-state index is 13.1. The van der Waals surface area contributed by atoms with Gasteiger partial charge in [0, 0.05) is 5.69 Å². The minimum Gasteiger partial charge on any atom is -0.389 e. The second kappa shape index (κ2) is 11.5. The Morgan fingerprint density at radius 3 is 2.50 bits per heavy atom. The van der Waals surface area contributed by atoms with E-state index >= 15 is 0 Å². The molecular weight excluding hydrogens is 434 g/mol. The average molecular weight is 468 g/mol. The first-order chi connectivity index (χ1) is 16.5. The van der Waals surface area contributed by atoms with Crippen LogP contribution in [0.1, 0.15) is 37.8 Å². The molecule has 182 valence electrons. The fraction of sp³-hybridized carbons (Fsp3) is 0.462. The van der Waals surface area contributed by atoms with Crippen molar-refractivity contribution in [2.75, 3.05) is 25.1 Å². The summed E-state index contributed by atoms with van der Waals surface area (Å²) in [5, 5.41) is 16.2. The molecule has 8 nitrogen and oxygen atoms in total. The van der Waals surface area contributed by atoms with E-state index in [1.807, 2.05) is 67.6 Å². The van der Waals surface area contributed by atoms with E-state index in [9.17, 15) is 14.7 Å². The molecule has 0 spiro atoms. The van der Waals surface area contributed by atoms with Gasteiger partial charge in [-0.25, -0.2) is 4.79 Å². The van der Waals surface area contributed by atoms with Crippen LogP contribution in [-0.4, -0.2) is 66.1 Å². The van der Waals surface area contributed by atoms with Crippen molar-refractivity contribution in [3.05, 3.63) is 66.2 Å².